The predicted molar refractivity (Wildman–Crippen MR) is 78.0 cm³/mol. The van der Waals surface area contributed by atoms with Gasteiger partial charge in [-0.05, 0) is 25.8 Å². The van der Waals surface area contributed by atoms with Gasteiger partial charge < -0.3 is 9.30 Å². The van der Waals surface area contributed by atoms with Crippen molar-refractivity contribution in [3.8, 4) is 0 Å². The van der Waals surface area contributed by atoms with Gasteiger partial charge in [-0.25, -0.2) is 0 Å². The Kier molecular flexibility index (Phi) is 3.73. The summed E-state index contributed by atoms with van der Waals surface area (Å²) in [5, 5.41) is 8.47. The van der Waals surface area contributed by atoms with Gasteiger partial charge in [-0.3, -0.25) is 4.79 Å². The summed E-state index contributed by atoms with van der Waals surface area (Å²) in [6.07, 6.45) is 1.98. The minimum atomic E-state index is -0.496. The summed E-state index contributed by atoms with van der Waals surface area (Å²) in [4.78, 5) is 12.4. The molecule has 1 aromatic carbocycles. The molecule has 2 aromatic rings. The van der Waals surface area contributed by atoms with E-state index in [1.165, 1.54) is 0 Å². The summed E-state index contributed by atoms with van der Waals surface area (Å²) in [7, 11) is 0. The molecule has 2 heterocycles. The smallest absolute Gasteiger partial charge is 0.321 e. The molecule has 0 saturated carbocycles. The molecular formula is C16H19N3O2. The molecule has 0 fully saturated rings. The summed E-state index contributed by atoms with van der Waals surface area (Å²) in [5.41, 5.74) is 2.03. The lowest BCUT2D eigenvalue weighted by Gasteiger charge is -2.16. The van der Waals surface area contributed by atoms with E-state index in [9.17, 15) is 4.79 Å². The lowest BCUT2D eigenvalue weighted by Crippen LogP contribution is -2.21. The van der Waals surface area contributed by atoms with E-state index in [2.05, 4.69) is 14.8 Å². The lowest BCUT2D eigenvalue weighted by atomic mass is 9.96. The first-order valence-corrected chi connectivity index (χ1v) is 7.36. The largest absolute Gasteiger partial charge is 0.465 e. The summed E-state index contributed by atoms with van der Waals surface area (Å²) in [6, 6.07) is 7.93. The maximum atomic E-state index is 12.4. The topological polar surface area (TPSA) is 57.0 Å². The average Bonchev–Trinajstić information content (AvgIpc) is 3.04. The number of ether oxygens (including phenoxy) is 1. The molecule has 1 atom stereocenters. The standard InChI is InChI=1S/C16H19N3O2/c1-3-21-16(20)14(12-7-4-6-11(2)10-12)15-18-17-13-8-5-9-19(13)15/h4,6-7,10,14H,3,5,8-9H2,1-2H3. The van der Waals surface area contributed by atoms with Gasteiger partial charge in [0.2, 0.25) is 0 Å². The fourth-order valence-corrected chi connectivity index (χ4v) is 2.85. The van der Waals surface area contributed by atoms with Crippen molar-refractivity contribution >= 4 is 5.97 Å². The first-order chi connectivity index (χ1) is 10.2. The molecule has 0 N–H and O–H groups in total. The lowest BCUT2D eigenvalue weighted by molar-refractivity contribution is -0.144. The molecule has 0 saturated heterocycles. The number of esters is 1. The van der Waals surface area contributed by atoms with Crippen LogP contribution in [0.4, 0.5) is 0 Å². The van der Waals surface area contributed by atoms with E-state index in [0.29, 0.717) is 12.4 Å². The maximum Gasteiger partial charge on any atom is 0.321 e. The third kappa shape index (κ3) is 2.55. The molecule has 0 spiro atoms. The quantitative estimate of drug-likeness (QED) is 0.808. The number of hydrogen-bond acceptors (Lipinski definition) is 4. The summed E-state index contributed by atoms with van der Waals surface area (Å²) >= 11 is 0. The van der Waals surface area contributed by atoms with Crippen LogP contribution in [0.2, 0.25) is 0 Å². The molecular weight excluding hydrogens is 266 g/mol. The number of rotatable bonds is 4. The van der Waals surface area contributed by atoms with Crippen LogP contribution in [0.5, 0.6) is 0 Å². The Morgan fingerprint density at radius 2 is 2.29 bits per heavy atom. The van der Waals surface area contributed by atoms with Crippen LogP contribution >= 0.6 is 0 Å². The monoisotopic (exact) mass is 285 g/mol. The third-order valence-corrected chi connectivity index (χ3v) is 3.79. The Hall–Kier alpha value is -2.17. The van der Waals surface area contributed by atoms with E-state index >= 15 is 0 Å². The van der Waals surface area contributed by atoms with Crippen LogP contribution in [0.1, 0.15) is 42.0 Å². The minimum Gasteiger partial charge on any atom is -0.465 e. The number of hydrogen-bond donors (Lipinski definition) is 0. The number of benzene rings is 1. The van der Waals surface area contributed by atoms with Crippen molar-refractivity contribution in [2.75, 3.05) is 6.61 Å². The Bertz CT molecular complexity index is 663. The summed E-state index contributed by atoms with van der Waals surface area (Å²) in [5.74, 6) is 0.910. The zero-order valence-electron chi connectivity index (χ0n) is 12.4. The molecule has 0 aliphatic carbocycles. The van der Waals surface area contributed by atoms with Crippen LogP contribution in [-0.2, 0) is 22.5 Å². The molecule has 0 radical (unpaired) electrons. The van der Waals surface area contributed by atoms with Gasteiger partial charge in [0, 0.05) is 13.0 Å². The van der Waals surface area contributed by atoms with Gasteiger partial charge in [0.15, 0.2) is 5.82 Å². The van der Waals surface area contributed by atoms with E-state index in [0.717, 1.165) is 36.3 Å². The van der Waals surface area contributed by atoms with E-state index in [4.69, 9.17) is 4.74 Å². The van der Waals surface area contributed by atoms with E-state index in [1.54, 1.807) is 0 Å². The van der Waals surface area contributed by atoms with Gasteiger partial charge in [-0.1, -0.05) is 29.8 Å². The second kappa shape index (κ2) is 5.68. The predicted octanol–water partition coefficient (Wildman–Crippen LogP) is 2.23. The number of fused-ring (bicyclic) bond motifs is 1. The molecule has 5 nitrogen and oxygen atoms in total. The zero-order valence-corrected chi connectivity index (χ0v) is 12.4. The Morgan fingerprint density at radius 3 is 3.05 bits per heavy atom. The Labute approximate surface area is 124 Å². The number of aryl methyl sites for hydroxylation is 2. The van der Waals surface area contributed by atoms with E-state index < -0.39 is 5.92 Å². The van der Waals surface area contributed by atoms with Gasteiger partial charge in [0.1, 0.15) is 11.7 Å². The molecule has 21 heavy (non-hydrogen) atoms. The fraction of sp³-hybridized carbons (Fsp3) is 0.438. The van der Waals surface area contributed by atoms with Gasteiger partial charge in [-0.15, -0.1) is 10.2 Å². The highest BCUT2D eigenvalue weighted by Crippen LogP contribution is 2.28. The average molecular weight is 285 g/mol. The van der Waals surface area contributed by atoms with Gasteiger partial charge in [-0.2, -0.15) is 0 Å². The SMILES string of the molecule is CCOC(=O)C(c1cccc(C)c1)c1nnc2n1CCC2. The van der Waals surface area contributed by atoms with Crippen LogP contribution in [0.15, 0.2) is 24.3 Å². The van der Waals surface area contributed by atoms with Crippen molar-refractivity contribution in [3.63, 3.8) is 0 Å². The highest BCUT2D eigenvalue weighted by Gasteiger charge is 2.31. The first-order valence-electron chi connectivity index (χ1n) is 7.36. The van der Waals surface area contributed by atoms with Gasteiger partial charge in [0.25, 0.3) is 0 Å². The molecule has 1 aromatic heterocycles. The van der Waals surface area contributed by atoms with Crippen molar-refractivity contribution in [2.24, 2.45) is 0 Å². The van der Waals surface area contributed by atoms with Crippen LogP contribution in [0, 0.1) is 6.92 Å². The molecule has 1 aliphatic rings. The van der Waals surface area contributed by atoms with Crippen molar-refractivity contribution in [1.29, 1.82) is 0 Å². The maximum absolute atomic E-state index is 12.4. The molecule has 0 amide bonds. The van der Waals surface area contributed by atoms with Crippen molar-refractivity contribution < 1.29 is 9.53 Å². The van der Waals surface area contributed by atoms with Gasteiger partial charge in [0.05, 0.1) is 6.61 Å². The second-order valence-corrected chi connectivity index (χ2v) is 5.33. The van der Waals surface area contributed by atoms with Crippen molar-refractivity contribution in [3.05, 3.63) is 47.0 Å². The Morgan fingerprint density at radius 1 is 1.43 bits per heavy atom. The molecule has 0 bridgehead atoms. The minimum absolute atomic E-state index is 0.259. The van der Waals surface area contributed by atoms with Crippen LogP contribution in [-0.4, -0.2) is 27.3 Å². The molecule has 3 rings (SSSR count). The second-order valence-electron chi connectivity index (χ2n) is 5.33. The fourth-order valence-electron chi connectivity index (χ4n) is 2.85. The van der Waals surface area contributed by atoms with Crippen molar-refractivity contribution in [1.82, 2.24) is 14.8 Å². The highest BCUT2D eigenvalue weighted by molar-refractivity contribution is 5.81. The molecule has 1 aliphatic heterocycles. The number of nitrogens with zero attached hydrogens (tertiary/aromatic N) is 3. The van der Waals surface area contributed by atoms with E-state index in [1.807, 2.05) is 38.1 Å². The van der Waals surface area contributed by atoms with E-state index in [-0.39, 0.29) is 5.97 Å². The summed E-state index contributed by atoms with van der Waals surface area (Å²) < 4.78 is 7.32. The number of aromatic nitrogens is 3. The van der Waals surface area contributed by atoms with Crippen molar-refractivity contribution in [2.45, 2.75) is 39.2 Å². The molecule has 1 unspecified atom stereocenters. The van der Waals surface area contributed by atoms with Crippen LogP contribution in [0.3, 0.4) is 0 Å². The summed E-state index contributed by atoms with van der Waals surface area (Å²) in [6.45, 7) is 5.07. The zero-order chi connectivity index (χ0) is 14.8. The Balaban J connectivity index is 2.05. The number of carbonyl (C=O) groups is 1. The molecule has 110 valence electrons. The first kappa shape index (κ1) is 13.8. The van der Waals surface area contributed by atoms with Crippen LogP contribution < -0.4 is 0 Å². The highest BCUT2D eigenvalue weighted by atomic mass is 16.5. The van der Waals surface area contributed by atoms with Crippen LogP contribution in [0.25, 0.3) is 0 Å². The molecule has 5 heteroatoms. The third-order valence-electron chi connectivity index (χ3n) is 3.79. The number of carbonyl (C=O) groups excluding carboxylic acids is 1. The van der Waals surface area contributed by atoms with Gasteiger partial charge >= 0.3 is 5.97 Å². The normalized spacial score (nSPS) is 14.8.